The van der Waals surface area contributed by atoms with Crippen LogP contribution in [0.3, 0.4) is 0 Å². The van der Waals surface area contributed by atoms with Crippen LogP contribution in [0.2, 0.25) is 0 Å². The summed E-state index contributed by atoms with van der Waals surface area (Å²) in [5, 5.41) is 12.2. The van der Waals surface area contributed by atoms with E-state index in [1.807, 2.05) is 0 Å². The molecule has 1 aromatic carbocycles. The molecule has 0 radical (unpaired) electrons. The predicted molar refractivity (Wildman–Crippen MR) is 90.9 cm³/mol. The monoisotopic (exact) mass is 390 g/mol. The highest BCUT2D eigenvalue weighted by Crippen LogP contribution is 2.14. The third kappa shape index (κ3) is 7.00. The minimum Gasteiger partial charge on any atom is -0.509 e. The molecule has 0 bridgehead atoms. The first-order chi connectivity index (χ1) is 12.8. The van der Waals surface area contributed by atoms with Crippen LogP contribution in [-0.2, 0) is 25.5 Å². The molecular weight excluding hydrogens is 369 g/mol. The molecule has 10 heteroatoms. The smallest absolute Gasteiger partial charge is 0.256 e. The van der Waals surface area contributed by atoms with Gasteiger partial charge in [-0.2, -0.15) is 0 Å². The van der Waals surface area contributed by atoms with E-state index in [4.69, 9.17) is 14.2 Å². The van der Waals surface area contributed by atoms with Crippen molar-refractivity contribution in [2.45, 2.75) is 12.8 Å². The maximum Gasteiger partial charge on any atom is 0.256 e. The van der Waals surface area contributed by atoms with Crippen molar-refractivity contribution in [3.05, 3.63) is 46.5 Å². The Morgan fingerprint density at radius 1 is 1.22 bits per heavy atom. The maximum absolute atomic E-state index is 13.6. The number of aliphatic hydroxyl groups is 1. The minimum absolute atomic E-state index is 0.0330. The molecule has 0 atom stereocenters. The van der Waals surface area contributed by atoms with E-state index < -0.39 is 47.5 Å². The molecule has 150 valence electrons. The van der Waals surface area contributed by atoms with E-state index in [9.17, 15) is 23.1 Å². The van der Waals surface area contributed by atoms with Crippen LogP contribution >= 0.6 is 0 Å². The number of ether oxygens (including phenoxy) is 3. The molecule has 7 nitrogen and oxygen atoms in total. The molecule has 1 rings (SSSR count). The second-order valence-electron chi connectivity index (χ2n) is 5.22. The minimum atomic E-state index is -1.14. The third-order valence-electron chi connectivity index (χ3n) is 3.37. The fourth-order valence-electron chi connectivity index (χ4n) is 1.96. The number of aliphatic hydroxyl groups excluding tert-OH is 1. The summed E-state index contributed by atoms with van der Waals surface area (Å²) in [6.07, 6.45) is 0.407. The van der Waals surface area contributed by atoms with Crippen LogP contribution in [0.15, 0.2) is 28.5 Å². The quantitative estimate of drug-likeness (QED) is 0.276. The lowest BCUT2D eigenvalue weighted by Crippen LogP contribution is -2.28. The summed E-state index contributed by atoms with van der Waals surface area (Å²) in [7, 11) is 4.11. The lowest BCUT2D eigenvalue weighted by molar-refractivity contribution is -0.117. The van der Waals surface area contributed by atoms with E-state index >= 15 is 0 Å². The van der Waals surface area contributed by atoms with Crippen LogP contribution in [-0.4, -0.2) is 58.0 Å². The van der Waals surface area contributed by atoms with Crippen LogP contribution in [0.25, 0.3) is 0 Å². The second-order valence-corrected chi connectivity index (χ2v) is 5.22. The Kier molecular flexibility index (Phi) is 9.48. The van der Waals surface area contributed by atoms with Crippen molar-refractivity contribution >= 4 is 12.1 Å². The van der Waals surface area contributed by atoms with Crippen molar-refractivity contribution < 1.29 is 37.3 Å². The molecular formula is C17H21F3N2O5. The molecule has 0 aliphatic carbocycles. The summed E-state index contributed by atoms with van der Waals surface area (Å²) in [4.78, 5) is 16.2. The zero-order valence-electron chi connectivity index (χ0n) is 15.1. The van der Waals surface area contributed by atoms with Crippen molar-refractivity contribution in [3.63, 3.8) is 0 Å². The number of amides is 1. The van der Waals surface area contributed by atoms with E-state index in [2.05, 4.69) is 10.3 Å². The molecule has 0 fully saturated rings. The van der Waals surface area contributed by atoms with E-state index in [0.29, 0.717) is 12.1 Å². The van der Waals surface area contributed by atoms with E-state index in [1.54, 1.807) is 0 Å². The molecule has 0 aromatic heterocycles. The SMILES string of the molecule is COCC(O)=C(C=NCC(OC)OC)C(=O)NCc1c(F)cc(F)cc1F. The number of rotatable bonds is 10. The summed E-state index contributed by atoms with van der Waals surface area (Å²) >= 11 is 0. The van der Waals surface area contributed by atoms with Gasteiger partial charge in [0.25, 0.3) is 5.91 Å². The Balaban J connectivity index is 2.92. The summed E-state index contributed by atoms with van der Waals surface area (Å²) < 4.78 is 54.9. The fraction of sp³-hybridized carbons (Fsp3) is 0.412. The van der Waals surface area contributed by atoms with Gasteiger partial charge in [0.1, 0.15) is 29.8 Å². The van der Waals surface area contributed by atoms with Crippen LogP contribution < -0.4 is 5.32 Å². The van der Waals surface area contributed by atoms with E-state index in [1.165, 1.54) is 21.3 Å². The average molecular weight is 390 g/mol. The molecule has 0 saturated heterocycles. The van der Waals surface area contributed by atoms with Crippen LogP contribution in [0.4, 0.5) is 13.2 Å². The Labute approximate surface area is 154 Å². The highest BCUT2D eigenvalue weighted by Gasteiger charge is 2.17. The summed E-state index contributed by atoms with van der Waals surface area (Å²) in [6, 6.07) is 1.00. The number of nitrogens with zero attached hydrogens (tertiary/aromatic N) is 1. The Morgan fingerprint density at radius 2 is 1.81 bits per heavy atom. The average Bonchev–Trinajstić information content (AvgIpc) is 2.61. The molecule has 1 aromatic rings. The highest BCUT2D eigenvalue weighted by atomic mass is 19.1. The van der Waals surface area contributed by atoms with Crippen molar-refractivity contribution in [3.8, 4) is 0 Å². The van der Waals surface area contributed by atoms with Crippen molar-refractivity contribution in [2.75, 3.05) is 34.5 Å². The first-order valence-corrected chi connectivity index (χ1v) is 7.72. The summed E-state index contributed by atoms with van der Waals surface area (Å²) in [5.41, 5.74) is -0.795. The molecule has 2 N–H and O–H groups in total. The third-order valence-corrected chi connectivity index (χ3v) is 3.37. The molecule has 0 aliphatic rings. The van der Waals surface area contributed by atoms with Gasteiger partial charge < -0.3 is 24.6 Å². The first kappa shape index (κ1) is 22.6. The van der Waals surface area contributed by atoms with Gasteiger partial charge in [-0.25, -0.2) is 13.2 Å². The number of methoxy groups -OCH3 is 3. The molecule has 1 amide bonds. The molecule has 0 heterocycles. The van der Waals surface area contributed by atoms with Crippen LogP contribution in [0.5, 0.6) is 0 Å². The Hall–Kier alpha value is -2.43. The zero-order valence-corrected chi connectivity index (χ0v) is 15.1. The molecule has 0 spiro atoms. The molecule has 0 aliphatic heterocycles. The maximum atomic E-state index is 13.6. The summed E-state index contributed by atoms with van der Waals surface area (Å²) in [6.45, 7) is -0.815. The first-order valence-electron chi connectivity index (χ1n) is 7.72. The van der Waals surface area contributed by atoms with Gasteiger partial charge in [-0.05, 0) is 0 Å². The van der Waals surface area contributed by atoms with Crippen molar-refractivity contribution in [1.82, 2.24) is 5.32 Å². The van der Waals surface area contributed by atoms with Gasteiger partial charge >= 0.3 is 0 Å². The molecule has 0 saturated carbocycles. The Bertz CT molecular complexity index is 683. The largest absolute Gasteiger partial charge is 0.509 e. The number of nitrogens with one attached hydrogen (secondary N) is 1. The zero-order chi connectivity index (χ0) is 20.4. The highest BCUT2D eigenvalue weighted by molar-refractivity contribution is 6.12. The van der Waals surface area contributed by atoms with Gasteiger partial charge in [0.05, 0.1) is 12.1 Å². The molecule has 0 unspecified atom stereocenters. The second kappa shape index (κ2) is 11.3. The van der Waals surface area contributed by atoms with Gasteiger partial charge in [-0.1, -0.05) is 0 Å². The predicted octanol–water partition coefficient (Wildman–Crippen LogP) is 1.87. The van der Waals surface area contributed by atoms with Crippen LogP contribution in [0, 0.1) is 17.5 Å². The number of halogens is 3. The van der Waals surface area contributed by atoms with E-state index in [0.717, 1.165) is 6.21 Å². The fourth-order valence-corrected chi connectivity index (χ4v) is 1.96. The van der Waals surface area contributed by atoms with Crippen molar-refractivity contribution in [1.29, 1.82) is 0 Å². The van der Waals surface area contributed by atoms with Crippen molar-refractivity contribution in [2.24, 2.45) is 4.99 Å². The van der Waals surface area contributed by atoms with Gasteiger partial charge in [0, 0.05) is 51.8 Å². The number of aliphatic imine (C=N–C) groups is 1. The van der Waals surface area contributed by atoms with Gasteiger partial charge in [0.15, 0.2) is 6.29 Å². The number of hydrogen-bond donors (Lipinski definition) is 2. The van der Waals surface area contributed by atoms with Crippen LogP contribution in [0.1, 0.15) is 5.56 Å². The van der Waals surface area contributed by atoms with E-state index in [-0.39, 0.29) is 18.7 Å². The lowest BCUT2D eigenvalue weighted by atomic mass is 10.1. The van der Waals surface area contributed by atoms with Gasteiger partial charge in [0.2, 0.25) is 0 Å². The van der Waals surface area contributed by atoms with Gasteiger partial charge in [-0.15, -0.1) is 0 Å². The number of hydrogen-bond acceptors (Lipinski definition) is 6. The standard InChI is InChI=1S/C17H21F3N2O5/c1-25-9-15(23)12(6-21-8-16(26-2)27-3)17(24)22-7-11-13(19)4-10(18)5-14(11)20/h4-6,16,23H,7-9H2,1-3H3,(H,22,24). The van der Waals surface area contributed by atoms with Gasteiger partial charge in [-0.3, -0.25) is 9.79 Å². The number of carbonyl (C=O) groups excluding carboxylic acids is 1. The lowest BCUT2D eigenvalue weighted by Gasteiger charge is -2.11. The topological polar surface area (TPSA) is 89.4 Å². The molecule has 27 heavy (non-hydrogen) atoms. The summed E-state index contributed by atoms with van der Waals surface area (Å²) in [5.74, 6) is -4.66. The number of carbonyl (C=O) groups is 1. The Morgan fingerprint density at radius 3 is 2.33 bits per heavy atom. The number of benzene rings is 1. The normalized spacial score (nSPS) is 12.6.